The van der Waals surface area contributed by atoms with Crippen LogP contribution in [-0.4, -0.2) is 9.97 Å². The molecule has 0 saturated carbocycles. The maximum absolute atomic E-state index is 5.35. The van der Waals surface area contributed by atoms with E-state index < -0.39 is 0 Å². The summed E-state index contributed by atoms with van der Waals surface area (Å²) >= 11 is 3.43. The third-order valence-corrected chi connectivity index (χ3v) is 3.45. The van der Waals surface area contributed by atoms with Crippen molar-refractivity contribution in [2.24, 2.45) is 0 Å². The van der Waals surface area contributed by atoms with E-state index in [1.54, 1.807) is 6.26 Å². The second kappa shape index (κ2) is 4.49. The van der Waals surface area contributed by atoms with Crippen LogP contribution < -0.4 is 5.32 Å². The maximum atomic E-state index is 5.35. The molecule has 0 fully saturated rings. The van der Waals surface area contributed by atoms with Crippen LogP contribution in [0.15, 0.2) is 39.4 Å². The summed E-state index contributed by atoms with van der Waals surface area (Å²) in [6.45, 7) is 2.60. The normalized spacial score (nSPS) is 11.0. The number of halogens is 1. The highest BCUT2D eigenvalue weighted by Gasteiger charge is 2.04. The summed E-state index contributed by atoms with van der Waals surface area (Å²) in [4.78, 5) is 7.59. The zero-order valence-corrected chi connectivity index (χ0v) is 11.4. The van der Waals surface area contributed by atoms with Gasteiger partial charge in [0.2, 0.25) is 0 Å². The van der Waals surface area contributed by atoms with E-state index in [9.17, 15) is 0 Å². The molecule has 5 heteroatoms. The number of anilines is 1. The van der Waals surface area contributed by atoms with Gasteiger partial charge >= 0.3 is 0 Å². The van der Waals surface area contributed by atoms with E-state index in [0.717, 1.165) is 32.8 Å². The van der Waals surface area contributed by atoms with Crippen molar-refractivity contribution in [3.05, 3.63) is 46.6 Å². The molecule has 2 heterocycles. The van der Waals surface area contributed by atoms with E-state index in [0.29, 0.717) is 6.54 Å². The molecular formula is C13H12BrN3O. The minimum Gasteiger partial charge on any atom is -0.466 e. The first kappa shape index (κ1) is 11.3. The summed E-state index contributed by atoms with van der Waals surface area (Å²) < 4.78 is 6.33. The highest BCUT2D eigenvalue weighted by molar-refractivity contribution is 9.10. The number of nitrogens with one attached hydrogen (secondary N) is 2. The van der Waals surface area contributed by atoms with E-state index in [-0.39, 0.29) is 0 Å². The number of nitrogens with zero attached hydrogens (tertiary/aromatic N) is 1. The lowest BCUT2D eigenvalue weighted by Crippen LogP contribution is -1.98. The Kier molecular flexibility index (Phi) is 2.83. The zero-order chi connectivity index (χ0) is 12.5. The van der Waals surface area contributed by atoms with E-state index in [1.807, 2.05) is 31.2 Å². The molecule has 0 saturated heterocycles. The number of imidazole rings is 1. The van der Waals surface area contributed by atoms with Crippen molar-refractivity contribution in [3.8, 4) is 0 Å². The summed E-state index contributed by atoms with van der Waals surface area (Å²) in [5.74, 6) is 1.81. The van der Waals surface area contributed by atoms with Crippen LogP contribution in [-0.2, 0) is 6.54 Å². The first-order chi connectivity index (χ1) is 8.72. The molecule has 18 heavy (non-hydrogen) atoms. The number of rotatable bonds is 3. The summed E-state index contributed by atoms with van der Waals surface area (Å²) in [5.41, 5.74) is 3.06. The molecule has 0 atom stereocenters. The van der Waals surface area contributed by atoms with Gasteiger partial charge in [0.25, 0.3) is 0 Å². The molecule has 3 aromatic rings. The van der Waals surface area contributed by atoms with Gasteiger partial charge in [-0.15, -0.1) is 0 Å². The lowest BCUT2D eigenvalue weighted by molar-refractivity contribution is 0.516. The van der Waals surface area contributed by atoms with Crippen LogP contribution >= 0.6 is 15.9 Å². The fraction of sp³-hybridized carbons (Fsp3) is 0.154. The number of aromatic amines is 1. The average Bonchev–Trinajstić information content (AvgIpc) is 2.90. The first-order valence-corrected chi connectivity index (χ1v) is 6.44. The van der Waals surface area contributed by atoms with Crippen LogP contribution in [0.4, 0.5) is 5.69 Å². The van der Waals surface area contributed by atoms with Gasteiger partial charge in [-0.25, -0.2) is 4.98 Å². The third-order valence-electron chi connectivity index (χ3n) is 2.74. The molecule has 0 spiro atoms. The van der Waals surface area contributed by atoms with Gasteiger partial charge in [-0.1, -0.05) is 0 Å². The largest absolute Gasteiger partial charge is 0.466 e. The molecule has 0 unspecified atom stereocenters. The number of furan rings is 1. The van der Waals surface area contributed by atoms with Crippen molar-refractivity contribution in [1.82, 2.24) is 9.97 Å². The van der Waals surface area contributed by atoms with Gasteiger partial charge in [-0.3, -0.25) is 0 Å². The Morgan fingerprint density at radius 2 is 2.28 bits per heavy atom. The predicted molar refractivity (Wildman–Crippen MR) is 74.6 cm³/mol. The molecule has 2 N–H and O–H groups in total. The van der Waals surface area contributed by atoms with Gasteiger partial charge < -0.3 is 14.7 Å². The SMILES string of the molecule is Cc1nc2ccc(NCc3occc3Br)cc2[nH]1. The van der Waals surface area contributed by atoms with Gasteiger partial charge in [-0.2, -0.15) is 0 Å². The standard InChI is InChI=1S/C13H12BrN3O/c1-8-16-11-3-2-9(6-12(11)17-8)15-7-13-10(14)4-5-18-13/h2-6,15H,7H2,1H3,(H,16,17). The monoisotopic (exact) mass is 305 g/mol. The first-order valence-electron chi connectivity index (χ1n) is 5.64. The maximum Gasteiger partial charge on any atom is 0.136 e. The topological polar surface area (TPSA) is 53.9 Å². The van der Waals surface area contributed by atoms with Crippen LogP contribution in [0.1, 0.15) is 11.6 Å². The highest BCUT2D eigenvalue weighted by Crippen LogP contribution is 2.21. The van der Waals surface area contributed by atoms with E-state index in [2.05, 4.69) is 31.2 Å². The van der Waals surface area contributed by atoms with Crippen molar-refractivity contribution in [1.29, 1.82) is 0 Å². The summed E-state index contributed by atoms with van der Waals surface area (Å²) in [7, 11) is 0. The van der Waals surface area contributed by atoms with Crippen LogP contribution in [0.5, 0.6) is 0 Å². The molecule has 0 aliphatic heterocycles. The van der Waals surface area contributed by atoms with Crippen LogP contribution in [0.25, 0.3) is 11.0 Å². The van der Waals surface area contributed by atoms with Crippen molar-refractivity contribution in [2.75, 3.05) is 5.32 Å². The number of hydrogen-bond acceptors (Lipinski definition) is 3. The fourth-order valence-electron chi connectivity index (χ4n) is 1.88. The van der Waals surface area contributed by atoms with Gasteiger partial charge in [-0.05, 0) is 47.1 Å². The molecule has 1 aromatic carbocycles. The Balaban J connectivity index is 1.80. The number of hydrogen-bond donors (Lipinski definition) is 2. The molecule has 92 valence electrons. The number of H-pyrrole nitrogens is 1. The minimum atomic E-state index is 0.645. The number of aryl methyl sites for hydroxylation is 1. The van der Waals surface area contributed by atoms with Crippen LogP contribution in [0, 0.1) is 6.92 Å². The molecular weight excluding hydrogens is 294 g/mol. The molecule has 0 aliphatic rings. The lowest BCUT2D eigenvalue weighted by atomic mass is 10.2. The molecule has 0 bridgehead atoms. The van der Waals surface area contributed by atoms with Gasteiger partial charge in [0.15, 0.2) is 0 Å². The highest BCUT2D eigenvalue weighted by atomic mass is 79.9. The van der Waals surface area contributed by atoms with E-state index in [4.69, 9.17) is 4.42 Å². The summed E-state index contributed by atoms with van der Waals surface area (Å²) in [5, 5.41) is 3.32. The lowest BCUT2D eigenvalue weighted by Gasteiger charge is -2.04. The molecule has 0 aliphatic carbocycles. The number of benzene rings is 1. The number of fused-ring (bicyclic) bond motifs is 1. The van der Waals surface area contributed by atoms with Crippen molar-refractivity contribution < 1.29 is 4.42 Å². The molecule has 2 aromatic heterocycles. The Hall–Kier alpha value is -1.75. The van der Waals surface area contributed by atoms with Crippen molar-refractivity contribution >= 4 is 32.7 Å². The number of aromatic nitrogens is 2. The molecule has 3 rings (SSSR count). The Labute approximate surface area is 113 Å². The fourth-order valence-corrected chi connectivity index (χ4v) is 2.22. The Bertz CT molecular complexity index is 686. The molecule has 0 amide bonds. The van der Waals surface area contributed by atoms with Crippen LogP contribution in [0.2, 0.25) is 0 Å². The average molecular weight is 306 g/mol. The van der Waals surface area contributed by atoms with E-state index in [1.165, 1.54) is 0 Å². The Morgan fingerprint density at radius 3 is 3.06 bits per heavy atom. The van der Waals surface area contributed by atoms with Gasteiger partial charge in [0.05, 0.1) is 28.3 Å². The second-order valence-electron chi connectivity index (χ2n) is 4.10. The third kappa shape index (κ3) is 2.13. The molecule has 4 nitrogen and oxygen atoms in total. The van der Waals surface area contributed by atoms with E-state index >= 15 is 0 Å². The second-order valence-corrected chi connectivity index (χ2v) is 4.95. The van der Waals surface area contributed by atoms with Gasteiger partial charge in [0, 0.05) is 5.69 Å². The summed E-state index contributed by atoms with van der Waals surface area (Å²) in [6, 6.07) is 7.95. The molecule has 0 radical (unpaired) electrons. The predicted octanol–water partition coefficient (Wildman–Crippen LogP) is 3.84. The van der Waals surface area contributed by atoms with Crippen LogP contribution in [0.3, 0.4) is 0 Å². The smallest absolute Gasteiger partial charge is 0.136 e. The minimum absolute atomic E-state index is 0.645. The van der Waals surface area contributed by atoms with Gasteiger partial charge in [0.1, 0.15) is 11.6 Å². The quantitative estimate of drug-likeness (QED) is 0.773. The summed E-state index contributed by atoms with van der Waals surface area (Å²) in [6.07, 6.45) is 1.67. The Morgan fingerprint density at radius 1 is 1.39 bits per heavy atom. The van der Waals surface area contributed by atoms with Crippen molar-refractivity contribution in [2.45, 2.75) is 13.5 Å². The van der Waals surface area contributed by atoms with Crippen molar-refractivity contribution in [3.63, 3.8) is 0 Å². The zero-order valence-electron chi connectivity index (χ0n) is 9.83.